The summed E-state index contributed by atoms with van der Waals surface area (Å²) in [5.74, 6) is -0.626. The average Bonchev–Trinajstić information content (AvgIpc) is 2.68. The zero-order valence-corrected chi connectivity index (χ0v) is 14.4. The van der Waals surface area contributed by atoms with Gasteiger partial charge < -0.3 is 19.9 Å². The molecule has 6 nitrogen and oxygen atoms in total. The number of benzene rings is 2. The van der Waals surface area contributed by atoms with Crippen molar-refractivity contribution in [2.24, 2.45) is 0 Å². The fraction of sp³-hybridized carbons (Fsp3) is 0.263. The number of amides is 2. The van der Waals surface area contributed by atoms with Crippen molar-refractivity contribution < 1.29 is 18.7 Å². The highest BCUT2D eigenvalue weighted by atomic mass is 19.1. The first-order chi connectivity index (χ1) is 12.6. The lowest BCUT2D eigenvalue weighted by Gasteiger charge is -2.34. The van der Waals surface area contributed by atoms with E-state index in [2.05, 4.69) is 10.2 Å². The Labute approximate surface area is 151 Å². The van der Waals surface area contributed by atoms with Gasteiger partial charge in [0.1, 0.15) is 11.6 Å². The molecule has 2 aromatic rings. The number of halogens is 1. The number of hydrogen-bond donors (Lipinski definition) is 1. The molecule has 136 valence electrons. The molecule has 0 aliphatic carbocycles. The van der Waals surface area contributed by atoms with Crippen LogP contribution < -0.4 is 15.0 Å². The summed E-state index contributed by atoms with van der Waals surface area (Å²) in [4.78, 5) is 27.1. The molecule has 0 radical (unpaired) electrons. The Bertz CT molecular complexity index is 804. The van der Waals surface area contributed by atoms with Crippen LogP contribution in [0.25, 0.3) is 0 Å². The third-order valence-electron chi connectivity index (χ3n) is 4.38. The third kappa shape index (κ3) is 3.77. The Morgan fingerprint density at radius 2 is 1.88 bits per heavy atom. The van der Waals surface area contributed by atoms with Gasteiger partial charge >= 0.3 is 0 Å². The summed E-state index contributed by atoms with van der Waals surface area (Å²) in [7, 11) is 1.51. The average molecular weight is 357 g/mol. The van der Waals surface area contributed by atoms with Crippen LogP contribution in [-0.4, -0.2) is 50.5 Å². The van der Waals surface area contributed by atoms with E-state index >= 15 is 0 Å². The molecule has 1 heterocycles. The summed E-state index contributed by atoms with van der Waals surface area (Å²) in [6, 6.07) is 11.3. The monoisotopic (exact) mass is 357 g/mol. The molecule has 0 aromatic heterocycles. The van der Waals surface area contributed by atoms with Crippen LogP contribution in [0.2, 0.25) is 0 Å². The molecule has 1 aliphatic rings. The molecule has 0 bridgehead atoms. The number of carbonyl (C=O) groups excluding carboxylic acids is 2. The lowest BCUT2D eigenvalue weighted by molar-refractivity contribution is -0.118. The Morgan fingerprint density at radius 3 is 2.54 bits per heavy atom. The number of nitrogens with zero attached hydrogens (tertiary/aromatic N) is 2. The molecule has 1 N–H and O–H groups in total. The first kappa shape index (κ1) is 17.7. The number of nitrogens with one attached hydrogen (secondary N) is 1. The highest BCUT2D eigenvalue weighted by Crippen LogP contribution is 2.30. The van der Waals surface area contributed by atoms with E-state index in [1.807, 2.05) is 6.07 Å². The van der Waals surface area contributed by atoms with E-state index in [1.54, 1.807) is 23.1 Å². The number of anilines is 2. The van der Waals surface area contributed by atoms with Gasteiger partial charge in [-0.05, 0) is 30.3 Å². The normalized spacial score (nSPS) is 14.1. The molecule has 0 spiro atoms. The second-order valence-corrected chi connectivity index (χ2v) is 5.95. The van der Waals surface area contributed by atoms with Gasteiger partial charge in [-0.2, -0.15) is 0 Å². The van der Waals surface area contributed by atoms with Gasteiger partial charge in [-0.15, -0.1) is 0 Å². The number of hydrogen-bond acceptors (Lipinski definition) is 4. The van der Waals surface area contributed by atoms with Crippen molar-refractivity contribution in [3.8, 4) is 5.75 Å². The van der Waals surface area contributed by atoms with Crippen molar-refractivity contribution >= 4 is 23.7 Å². The predicted molar refractivity (Wildman–Crippen MR) is 97.2 cm³/mol. The molecule has 2 aromatic carbocycles. The quantitative estimate of drug-likeness (QED) is 0.835. The summed E-state index contributed by atoms with van der Waals surface area (Å²) in [6.45, 7) is 2.69. The number of rotatable bonds is 5. The minimum atomic E-state index is -0.579. The summed E-state index contributed by atoms with van der Waals surface area (Å²) >= 11 is 0. The van der Waals surface area contributed by atoms with E-state index in [0.29, 0.717) is 37.6 Å². The smallest absolute Gasteiger partial charge is 0.258 e. The van der Waals surface area contributed by atoms with Gasteiger partial charge in [0.05, 0.1) is 18.4 Å². The molecule has 0 atom stereocenters. The molecule has 1 saturated heterocycles. The highest BCUT2D eigenvalue weighted by Gasteiger charge is 2.18. The SMILES string of the molecule is COc1ccc(N2CCN(C=O)CC2)cc1NC(=O)c1ccccc1F. The Kier molecular flexibility index (Phi) is 5.36. The zero-order chi connectivity index (χ0) is 18.5. The van der Waals surface area contributed by atoms with Crippen molar-refractivity contribution in [1.82, 2.24) is 4.90 Å². The summed E-state index contributed by atoms with van der Waals surface area (Å²) in [5, 5.41) is 2.72. The first-order valence-corrected chi connectivity index (χ1v) is 8.30. The number of methoxy groups -OCH3 is 1. The number of ether oxygens (including phenoxy) is 1. The predicted octanol–water partition coefficient (Wildman–Crippen LogP) is 2.37. The fourth-order valence-electron chi connectivity index (χ4n) is 2.91. The molecule has 0 saturated carbocycles. The minimum Gasteiger partial charge on any atom is -0.495 e. The maximum atomic E-state index is 13.8. The largest absolute Gasteiger partial charge is 0.495 e. The molecule has 3 rings (SSSR count). The van der Waals surface area contributed by atoms with Crippen LogP contribution in [0.15, 0.2) is 42.5 Å². The van der Waals surface area contributed by atoms with Gasteiger partial charge in [-0.1, -0.05) is 12.1 Å². The second kappa shape index (κ2) is 7.86. The van der Waals surface area contributed by atoms with Crippen LogP contribution in [0.1, 0.15) is 10.4 Å². The van der Waals surface area contributed by atoms with Gasteiger partial charge in [0.25, 0.3) is 5.91 Å². The van der Waals surface area contributed by atoms with Crippen molar-refractivity contribution in [2.45, 2.75) is 0 Å². The van der Waals surface area contributed by atoms with Crippen LogP contribution in [0.4, 0.5) is 15.8 Å². The van der Waals surface area contributed by atoms with Crippen molar-refractivity contribution in [2.75, 3.05) is 43.5 Å². The Balaban J connectivity index is 1.81. The Hall–Kier alpha value is -3.09. The maximum absolute atomic E-state index is 13.8. The van der Waals surface area contributed by atoms with E-state index in [4.69, 9.17) is 4.74 Å². The highest BCUT2D eigenvalue weighted by molar-refractivity contribution is 6.05. The number of piperazine rings is 1. The maximum Gasteiger partial charge on any atom is 0.258 e. The molecule has 1 aliphatic heterocycles. The molecule has 2 amide bonds. The van der Waals surface area contributed by atoms with Gasteiger partial charge in [0.15, 0.2) is 0 Å². The van der Waals surface area contributed by atoms with Crippen molar-refractivity contribution in [3.05, 3.63) is 53.8 Å². The van der Waals surface area contributed by atoms with Crippen LogP contribution >= 0.6 is 0 Å². The molecule has 0 unspecified atom stereocenters. The van der Waals surface area contributed by atoms with Gasteiger partial charge in [0.2, 0.25) is 6.41 Å². The van der Waals surface area contributed by atoms with Crippen LogP contribution in [0.5, 0.6) is 5.75 Å². The molecular formula is C19H20FN3O3. The van der Waals surface area contributed by atoms with Gasteiger partial charge in [-0.25, -0.2) is 4.39 Å². The van der Waals surface area contributed by atoms with Gasteiger partial charge in [0, 0.05) is 31.9 Å². The van der Waals surface area contributed by atoms with Crippen molar-refractivity contribution in [3.63, 3.8) is 0 Å². The Morgan fingerprint density at radius 1 is 1.15 bits per heavy atom. The van der Waals surface area contributed by atoms with Crippen LogP contribution in [0, 0.1) is 5.82 Å². The second-order valence-electron chi connectivity index (χ2n) is 5.95. The van der Waals surface area contributed by atoms with E-state index in [0.717, 1.165) is 12.1 Å². The van der Waals surface area contributed by atoms with Crippen LogP contribution in [-0.2, 0) is 4.79 Å². The molecule has 26 heavy (non-hydrogen) atoms. The van der Waals surface area contributed by atoms with E-state index in [-0.39, 0.29) is 5.56 Å². The van der Waals surface area contributed by atoms with Crippen LogP contribution in [0.3, 0.4) is 0 Å². The third-order valence-corrected chi connectivity index (χ3v) is 4.38. The lowest BCUT2D eigenvalue weighted by Crippen LogP contribution is -2.45. The summed E-state index contributed by atoms with van der Waals surface area (Å²) in [5.41, 5.74) is 1.34. The lowest BCUT2D eigenvalue weighted by atomic mass is 10.1. The van der Waals surface area contributed by atoms with E-state index in [1.165, 1.54) is 25.3 Å². The fourth-order valence-corrected chi connectivity index (χ4v) is 2.91. The standard InChI is InChI=1S/C19H20FN3O3/c1-26-18-7-6-14(23-10-8-22(13-24)9-11-23)12-17(18)21-19(25)15-4-2-3-5-16(15)20/h2-7,12-13H,8-11H2,1H3,(H,21,25). The molecule has 7 heteroatoms. The van der Waals surface area contributed by atoms with E-state index in [9.17, 15) is 14.0 Å². The summed E-state index contributed by atoms with van der Waals surface area (Å²) < 4.78 is 19.1. The van der Waals surface area contributed by atoms with Crippen molar-refractivity contribution in [1.29, 1.82) is 0 Å². The number of carbonyl (C=O) groups is 2. The molecular weight excluding hydrogens is 337 g/mol. The van der Waals surface area contributed by atoms with Gasteiger partial charge in [-0.3, -0.25) is 9.59 Å². The zero-order valence-electron chi connectivity index (χ0n) is 14.4. The molecule has 1 fully saturated rings. The summed E-state index contributed by atoms with van der Waals surface area (Å²) in [6.07, 6.45) is 0.853. The minimum absolute atomic E-state index is 0.0282. The van der Waals surface area contributed by atoms with E-state index < -0.39 is 11.7 Å². The first-order valence-electron chi connectivity index (χ1n) is 8.30. The topological polar surface area (TPSA) is 61.9 Å².